The van der Waals surface area contributed by atoms with E-state index >= 15 is 0 Å². The third kappa shape index (κ3) is 5.70. The van der Waals surface area contributed by atoms with Crippen molar-refractivity contribution in [3.05, 3.63) is 0 Å². The number of hydrogen-bond donors (Lipinski definition) is 1. The van der Waals surface area contributed by atoms with Gasteiger partial charge < -0.3 is 9.94 Å². The summed E-state index contributed by atoms with van der Waals surface area (Å²) in [5.74, 6) is -0.191. The molecule has 4 nitrogen and oxygen atoms in total. The maximum atomic E-state index is 10.8. The molecule has 4 heteroatoms. The summed E-state index contributed by atoms with van der Waals surface area (Å²) in [6, 6.07) is 0. The molecule has 0 unspecified atom stereocenters. The van der Waals surface area contributed by atoms with Crippen molar-refractivity contribution in [1.82, 2.24) is 0 Å². The molecule has 0 saturated heterocycles. The largest absolute Gasteiger partial charge is 0.466 e. The zero-order valence-electron chi connectivity index (χ0n) is 7.54. The van der Waals surface area contributed by atoms with Crippen molar-refractivity contribution in [3.63, 3.8) is 0 Å². The van der Waals surface area contributed by atoms with Crippen LogP contribution in [0.5, 0.6) is 0 Å². The molecule has 0 aliphatic heterocycles. The average molecular weight is 173 g/mol. The predicted octanol–water partition coefficient (Wildman–Crippen LogP) is 1.57. The molecular weight excluding hydrogens is 158 g/mol. The summed E-state index contributed by atoms with van der Waals surface area (Å²) in [6.07, 6.45) is 1.70. The lowest BCUT2D eigenvalue weighted by molar-refractivity contribution is -0.143. The second-order valence-electron chi connectivity index (χ2n) is 2.49. The Morgan fingerprint density at radius 1 is 1.50 bits per heavy atom. The molecule has 0 heterocycles. The first-order valence-corrected chi connectivity index (χ1v) is 4.03. The van der Waals surface area contributed by atoms with E-state index in [2.05, 4.69) is 5.16 Å². The number of hydrogen-bond acceptors (Lipinski definition) is 4. The van der Waals surface area contributed by atoms with Crippen molar-refractivity contribution in [2.24, 2.45) is 5.16 Å². The van der Waals surface area contributed by atoms with E-state index in [1.807, 2.05) is 0 Å². The summed E-state index contributed by atoms with van der Waals surface area (Å²) in [6.45, 7) is 3.91. The number of nitrogens with zero attached hydrogens (tertiary/aromatic N) is 1. The number of esters is 1. The Balaban J connectivity index is 3.37. The summed E-state index contributed by atoms with van der Waals surface area (Å²) >= 11 is 0. The maximum absolute atomic E-state index is 10.8. The first-order valence-electron chi connectivity index (χ1n) is 4.03. The lowest BCUT2D eigenvalue weighted by Gasteiger charge is -2.00. The molecule has 0 aliphatic rings. The molecule has 0 aromatic carbocycles. The van der Waals surface area contributed by atoms with Crippen LogP contribution in [0.2, 0.25) is 0 Å². The van der Waals surface area contributed by atoms with Crippen molar-refractivity contribution >= 4 is 11.7 Å². The van der Waals surface area contributed by atoms with Gasteiger partial charge in [-0.2, -0.15) is 0 Å². The van der Waals surface area contributed by atoms with Crippen LogP contribution in [0.3, 0.4) is 0 Å². The molecule has 0 saturated carbocycles. The molecule has 0 rings (SSSR count). The fourth-order valence-corrected chi connectivity index (χ4v) is 0.772. The van der Waals surface area contributed by atoms with E-state index in [4.69, 9.17) is 9.94 Å². The monoisotopic (exact) mass is 173 g/mol. The molecule has 0 spiro atoms. The van der Waals surface area contributed by atoms with Gasteiger partial charge in [-0.1, -0.05) is 5.16 Å². The maximum Gasteiger partial charge on any atom is 0.305 e. The van der Waals surface area contributed by atoms with Crippen molar-refractivity contribution in [3.8, 4) is 0 Å². The topological polar surface area (TPSA) is 58.9 Å². The summed E-state index contributed by atoms with van der Waals surface area (Å²) in [4.78, 5) is 10.8. The Morgan fingerprint density at radius 3 is 2.67 bits per heavy atom. The Bertz CT molecular complexity index is 166. The zero-order valence-corrected chi connectivity index (χ0v) is 7.54. The van der Waals surface area contributed by atoms with E-state index in [0.29, 0.717) is 31.6 Å². The van der Waals surface area contributed by atoms with E-state index < -0.39 is 0 Å². The van der Waals surface area contributed by atoms with Gasteiger partial charge in [0.2, 0.25) is 0 Å². The van der Waals surface area contributed by atoms with Gasteiger partial charge in [0.15, 0.2) is 0 Å². The molecule has 0 fully saturated rings. The van der Waals surface area contributed by atoms with Crippen LogP contribution in [0.1, 0.15) is 33.1 Å². The van der Waals surface area contributed by atoms with Crippen molar-refractivity contribution < 1.29 is 14.7 Å². The molecule has 0 amide bonds. The molecular formula is C8H15NO3. The van der Waals surface area contributed by atoms with Crippen LogP contribution in [-0.2, 0) is 9.53 Å². The molecule has 0 atom stereocenters. The van der Waals surface area contributed by atoms with Crippen LogP contribution in [0.15, 0.2) is 5.16 Å². The van der Waals surface area contributed by atoms with Crippen LogP contribution in [-0.4, -0.2) is 23.5 Å². The highest BCUT2D eigenvalue weighted by atomic mass is 16.5. The van der Waals surface area contributed by atoms with Crippen molar-refractivity contribution in [2.45, 2.75) is 33.1 Å². The summed E-state index contributed by atoms with van der Waals surface area (Å²) in [5, 5.41) is 11.3. The van der Waals surface area contributed by atoms with Gasteiger partial charge in [-0.15, -0.1) is 0 Å². The number of carbonyl (C=O) groups is 1. The summed E-state index contributed by atoms with van der Waals surface area (Å²) in [5.41, 5.74) is 0.638. The molecule has 0 aromatic heterocycles. The normalized spacial score (nSPS) is 11.3. The molecule has 12 heavy (non-hydrogen) atoms. The fourth-order valence-electron chi connectivity index (χ4n) is 0.772. The van der Waals surface area contributed by atoms with E-state index in [0.717, 1.165) is 0 Å². The van der Waals surface area contributed by atoms with E-state index in [9.17, 15) is 4.79 Å². The van der Waals surface area contributed by atoms with Gasteiger partial charge >= 0.3 is 5.97 Å². The second kappa shape index (κ2) is 6.64. The second-order valence-corrected chi connectivity index (χ2v) is 2.49. The Labute approximate surface area is 72.2 Å². The molecule has 1 N–H and O–H groups in total. The lowest BCUT2D eigenvalue weighted by atomic mass is 10.2. The number of ether oxygens (including phenoxy) is 1. The van der Waals surface area contributed by atoms with Crippen LogP contribution < -0.4 is 0 Å². The smallest absolute Gasteiger partial charge is 0.305 e. The van der Waals surface area contributed by atoms with Gasteiger partial charge in [0.25, 0.3) is 0 Å². The van der Waals surface area contributed by atoms with Gasteiger partial charge in [0.05, 0.1) is 12.3 Å². The van der Waals surface area contributed by atoms with Crippen LogP contribution in [0.4, 0.5) is 0 Å². The summed E-state index contributed by atoms with van der Waals surface area (Å²) in [7, 11) is 0. The molecule has 0 bridgehead atoms. The Hall–Kier alpha value is -1.06. The van der Waals surface area contributed by atoms with Crippen LogP contribution in [0, 0.1) is 0 Å². The highest BCUT2D eigenvalue weighted by Crippen LogP contribution is 1.99. The molecule has 0 aliphatic carbocycles. The van der Waals surface area contributed by atoms with Gasteiger partial charge in [0, 0.05) is 6.42 Å². The molecule has 0 radical (unpaired) electrons. The molecule has 0 aromatic rings. The Morgan fingerprint density at radius 2 is 2.17 bits per heavy atom. The van der Waals surface area contributed by atoms with Gasteiger partial charge in [-0.05, 0) is 26.7 Å². The highest BCUT2D eigenvalue weighted by molar-refractivity contribution is 5.81. The minimum Gasteiger partial charge on any atom is -0.466 e. The van der Waals surface area contributed by atoms with Crippen LogP contribution in [0.25, 0.3) is 0 Å². The zero-order chi connectivity index (χ0) is 9.40. The predicted molar refractivity (Wildman–Crippen MR) is 45.4 cm³/mol. The quantitative estimate of drug-likeness (QED) is 0.297. The number of carbonyl (C=O) groups excluding carboxylic acids is 1. The number of rotatable bonds is 5. The van der Waals surface area contributed by atoms with Gasteiger partial charge in [-0.25, -0.2) is 0 Å². The van der Waals surface area contributed by atoms with E-state index in [-0.39, 0.29) is 5.97 Å². The average Bonchev–Trinajstić information content (AvgIpc) is 2.04. The number of oxime groups is 1. The van der Waals surface area contributed by atoms with E-state index in [1.165, 1.54) is 0 Å². The minimum absolute atomic E-state index is 0.191. The highest BCUT2D eigenvalue weighted by Gasteiger charge is 2.01. The lowest BCUT2D eigenvalue weighted by Crippen LogP contribution is -2.04. The van der Waals surface area contributed by atoms with Crippen molar-refractivity contribution in [2.75, 3.05) is 6.61 Å². The van der Waals surface area contributed by atoms with E-state index in [1.54, 1.807) is 13.8 Å². The minimum atomic E-state index is -0.191. The van der Waals surface area contributed by atoms with Gasteiger partial charge in [-0.3, -0.25) is 4.79 Å². The van der Waals surface area contributed by atoms with Crippen LogP contribution >= 0.6 is 0 Å². The third-order valence-electron chi connectivity index (χ3n) is 1.40. The first-order chi connectivity index (χ1) is 5.70. The SMILES string of the molecule is CCOC(=O)CCCC(C)=NO. The standard InChI is InChI=1S/C8H15NO3/c1-3-12-8(10)6-4-5-7(2)9-11/h11H,3-6H2,1-2H3. The summed E-state index contributed by atoms with van der Waals surface area (Å²) < 4.78 is 4.72. The Kier molecular flexibility index (Phi) is 6.05. The van der Waals surface area contributed by atoms with Gasteiger partial charge in [0.1, 0.15) is 0 Å². The fraction of sp³-hybridized carbons (Fsp3) is 0.750. The van der Waals surface area contributed by atoms with Crippen molar-refractivity contribution in [1.29, 1.82) is 0 Å². The molecule has 70 valence electrons. The third-order valence-corrected chi connectivity index (χ3v) is 1.40. The first kappa shape index (κ1) is 10.9.